The van der Waals surface area contributed by atoms with E-state index in [0.717, 1.165) is 18.5 Å². The first-order valence-electron chi connectivity index (χ1n) is 7.12. The van der Waals surface area contributed by atoms with Gasteiger partial charge in [-0.1, -0.05) is 6.07 Å². The Labute approximate surface area is 127 Å². The van der Waals surface area contributed by atoms with E-state index in [1.807, 2.05) is 6.07 Å². The number of nitrogens with one attached hydrogen (secondary N) is 2. The van der Waals surface area contributed by atoms with Crippen molar-refractivity contribution in [1.29, 1.82) is 0 Å². The number of benzene rings is 1. The lowest BCUT2D eigenvalue weighted by atomic mass is 9.98. The first-order chi connectivity index (χ1) is 10.5. The third-order valence-corrected chi connectivity index (χ3v) is 3.64. The zero-order valence-electron chi connectivity index (χ0n) is 12.1. The molecule has 0 radical (unpaired) electrons. The second-order valence-corrected chi connectivity index (χ2v) is 5.28. The zero-order valence-corrected chi connectivity index (χ0v) is 12.1. The maximum Gasteiger partial charge on any atom is 0.326 e. The van der Waals surface area contributed by atoms with Gasteiger partial charge in [0.25, 0.3) is 5.91 Å². The predicted octanol–water partition coefficient (Wildman–Crippen LogP) is -0.219. The van der Waals surface area contributed by atoms with Gasteiger partial charge in [-0.25, -0.2) is 4.79 Å². The molecule has 2 amide bonds. The standard InChI is InChI=1S/C15H19N3O4/c16-13(19)4-3-12(15(21)22)18-14(20)10-2-1-9-5-6-17-8-11(9)7-10/h1-2,7,12,17H,3-6,8H2,(H2,16,19)(H,18,20)(H,21,22)/t12-/m0/s1. The highest BCUT2D eigenvalue weighted by Crippen LogP contribution is 2.16. The summed E-state index contributed by atoms with van der Waals surface area (Å²) in [6, 6.07) is 4.22. The maximum atomic E-state index is 12.2. The minimum Gasteiger partial charge on any atom is -0.480 e. The van der Waals surface area contributed by atoms with Crippen molar-refractivity contribution in [2.24, 2.45) is 5.73 Å². The maximum absolute atomic E-state index is 12.2. The Morgan fingerprint density at radius 1 is 1.32 bits per heavy atom. The Hall–Kier alpha value is -2.41. The molecule has 1 heterocycles. The van der Waals surface area contributed by atoms with Gasteiger partial charge in [-0.2, -0.15) is 0 Å². The summed E-state index contributed by atoms with van der Waals surface area (Å²) in [5.41, 5.74) is 7.66. The van der Waals surface area contributed by atoms with Gasteiger partial charge >= 0.3 is 5.97 Å². The number of aliphatic carboxylic acids is 1. The molecule has 0 saturated heterocycles. The lowest BCUT2D eigenvalue weighted by Gasteiger charge is -2.18. The number of carboxylic acids is 1. The molecule has 1 atom stereocenters. The molecule has 0 saturated carbocycles. The van der Waals surface area contributed by atoms with Crippen LogP contribution in [-0.2, 0) is 22.6 Å². The summed E-state index contributed by atoms with van der Waals surface area (Å²) in [7, 11) is 0. The number of carbonyl (C=O) groups is 3. The van der Waals surface area contributed by atoms with Gasteiger partial charge in [0.05, 0.1) is 0 Å². The Bertz CT molecular complexity index is 600. The summed E-state index contributed by atoms with van der Waals surface area (Å²) in [6.07, 6.45) is 0.794. The molecule has 22 heavy (non-hydrogen) atoms. The van der Waals surface area contributed by atoms with Crippen LogP contribution in [-0.4, -0.2) is 35.5 Å². The highest BCUT2D eigenvalue weighted by molar-refractivity contribution is 5.97. The van der Waals surface area contributed by atoms with E-state index < -0.39 is 23.8 Å². The van der Waals surface area contributed by atoms with Gasteiger partial charge in [-0.05, 0) is 42.6 Å². The van der Waals surface area contributed by atoms with E-state index in [4.69, 9.17) is 10.8 Å². The fraction of sp³-hybridized carbons (Fsp3) is 0.400. The van der Waals surface area contributed by atoms with Crippen molar-refractivity contribution in [2.75, 3.05) is 6.54 Å². The van der Waals surface area contributed by atoms with Crippen LogP contribution >= 0.6 is 0 Å². The lowest BCUT2D eigenvalue weighted by Crippen LogP contribution is -2.41. The van der Waals surface area contributed by atoms with Crippen LogP contribution in [0.15, 0.2) is 18.2 Å². The summed E-state index contributed by atoms with van der Waals surface area (Å²) in [5, 5.41) is 14.7. The van der Waals surface area contributed by atoms with Crippen LogP contribution in [0.5, 0.6) is 0 Å². The third-order valence-electron chi connectivity index (χ3n) is 3.64. The number of carbonyl (C=O) groups excluding carboxylic acids is 2. The quantitative estimate of drug-likeness (QED) is 0.579. The minimum atomic E-state index is -1.19. The molecule has 1 aliphatic rings. The van der Waals surface area contributed by atoms with E-state index in [0.29, 0.717) is 12.1 Å². The summed E-state index contributed by atoms with van der Waals surface area (Å²) in [6.45, 7) is 1.60. The third kappa shape index (κ3) is 4.05. The van der Waals surface area contributed by atoms with Crippen molar-refractivity contribution >= 4 is 17.8 Å². The number of rotatable bonds is 6. The molecule has 7 nitrogen and oxygen atoms in total. The average Bonchev–Trinajstić information content (AvgIpc) is 2.50. The molecule has 0 aliphatic carbocycles. The van der Waals surface area contributed by atoms with E-state index in [1.54, 1.807) is 12.1 Å². The zero-order chi connectivity index (χ0) is 16.1. The molecule has 2 rings (SSSR count). The fourth-order valence-electron chi connectivity index (χ4n) is 2.41. The monoisotopic (exact) mass is 305 g/mol. The number of primary amides is 1. The first-order valence-corrected chi connectivity index (χ1v) is 7.12. The molecule has 0 aromatic heterocycles. The van der Waals surface area contributed by atoms with Gasteiger partial charge in [0.1, 0.15) is 6.04 Å². The van der Waals surface area contributed by atoms with Gasteiger partial charge in [-0.3, -0.25) is 9.59 Å². The van der Waals surface area contributed by atoms with Crippen molar-refractivity contribution in [3.63, 3.8) is 0 Å². The number of carboxylic acid groups (broad SMARTS) is 1. The van der Waals surface area contributed by atoms with E-state index in [9.17, 15) is 14.4 Å². The van der Waals surface area contributed by atoms with Crippen LogP contribution in [0.1, 0.15) is 34.3 Å². The molecule has 0 unspecified atom stereocenters. The molecule has 0 spiro atoms. The van der Waals surface area contributed by atoms with E-state index in [2.05, 4.69) is 10.6 Å². The summed E-state index contributed by atoms with van der Waals surface area (Å²) in [4.78, 5) is 34.1. The van der Waals surface area contributed by atoms with Crippen molar-refractivity contribution < 1.29 is 19.5 Å². The smallest absolute Gasteiger partial charge is 0.326 e. The molecule has 7 heteroatoms. The number of amides is 2. The van der Waals surface area contributed by atoms with Crippen molar-refractivity contribution in [3.8, 4) is 0 Å². The van der Waals surface area contributed by atoms with Gasteiger partial charge < -0.3 is 21.5 Å². The summed E-state index contributed by atoms with van der Waals surface area (Å²) < 4.78 is 0. The van der Waals surface area contributed by atoms with E-state index in [-0.39, 0.29) is 12.8 Å². The minimum absolute atomic E-state index is 0.0249. The van der Waals surface area contributed by atoms with E-state index >= 15 is 0 Å². The number of hydrogen-bond donors (Lipinski definition) is 4. The molecule has 1 aromatic rings. The molecule has 0 bridgehead atoms. The highest BCUT2D eigenvalue weighted by Gasteiger charge is 2.22. The van der Waals surface area contributed by atoms with Crippen LogP contribution in [0.4, 0.5) is 0 Å². The van der Waals surface area contributed by atoms with Gasteiger partial charge in [0.15, 0.2) is 0 Å². The Kier molecular flexibility index (Phi) is 5.11. The largest absolute Gasteiger partial charge is 0.480 e. The van der Waals surface area contributed by atoms with Gasteiger partial charge in [-0.15, -0.1) is 0 Å². The Morgan fingerprint density at radius 3 is 2.77 bits per heavy atom. The van der Waals surface area contributed by atoms with Crippen LogP contribution in [0.2, 0.25) is 0 Å². The lowest BCUT2D eigenvalue weighted by molar-refractivity contribution is -0.139. The molecule has 1 aromatic carbocycles. The highest BCUT2D eigenvalue weighted by atomic mass is 16.4. The van der Waals surface area contributed by atoms with Crippen LogP contribution in [0, 0.1) is 0 Å². The number of fused-ring (bicyclic) bond motifs is 1. The van der Waals surface area contributed by atoms with Crippen LogP contribution in [0.25, 0.3) is 0 Å². The van der Waals surface area contributed by atoms with Gasteiger partial charge in [0, 0.05) is 18.5 Å². The molecule has 0 fully saturated rings. The predicted molar refractivity (Wildman–Crippen MR) is 79.2 cm³/mol. The van der Waals surface area contributed by atoms with Crippen molar-refractivity contribution in [3.05, 3.63) is 34.9 Å². The molecule has 1 aliphatic heterocycles. The number of nitrogens with two attached hydrogens (primary N) is 1. The average molecular weight is 305 g/mol. The van der Waals surface area contributed by atoms with Crippen molar-refractivity contribution in [2.45, 2.75) is 31.8 Å². The number of hydrogen-bond acceptors (Lipinski definition) is 4. The normalized spacial score (nSPS) is 14.7. The van der Waals surface area contributed by atoms with Crippen molar-refractivity contribution in [1.82, 2.24) is 10.6 Å². The topological polar surface area (TPSA) is 122 Å². The molecular formula is C15H19N3O4. The van der Waals surface area contributed by atoms with Crippen LogP contribution < -0.4 is 16.4 Å². The fourth-order valence-corrected chi connectivity index (χ4v) is 2.41. The molecule has 5 N–H and O–H groups in total. The Morgan fingerprint density at radius 2 is 2.09 bits per heavy atom. The summed E-state index contributed by atoms with van der Waals surface area (Å²) >= 11 is 0. The molecular weight excluding hydrogens is 286 g/mol. The Balaban J connectivity index is 2.06. The molecule has 118 valence electrons. The first kappa shape index (κ1) is 16.0. The summed E-state index contributed by atoms with van der Waals surface area (Å²) in [5.74, 6) is -2.25. The SMILES string of the molecule is NC(=O)CC[C@H](NC(=O)c1ccc2c(c1)CNCC2)C(=O)O. The van der Waals surface area contributed by atoms with E-state index in [1.165, 1.54) is 5.56 Å². The second-order valence-electron chi connectivity index (χ2n) is 5.28. The second kappa shape index (κ2) is 7.04. The van der Waals surface area contributed by atoms with Gasteiger partial charge in [0.2, 0.25) is 5.91 Å². The van der Waals surface area contributed by atoms with Crippen LogP contribution in [0.3, 0.4) is 0 Å².